The zero-order chi connectivity index (χ0) is 18.2. The molecule has 0 radical (unpaired) electrons. The number of aryl methyl sites for hydroxylation is 2. The van der Waals surface area contributed by atoms with Crippen molar-refractivity contribution in [2.45, 2.75) is 57.0 Å². The van der Waals surface area contributed by atoms with Gasteiger partial charge in [0.15, 0.2) is 0 Å². The lowest BCUT2D eigenvalue weighted by molar-refractivity contribution is -0.118. The fraction of sp³-hybridized carbons (Fsp3) is 0.550. The topological polar surface area (TPSA) is 70.7 Å². The maximum atomic E-state index is 12.0. The summed E-state index contributed by atoms with van der Waals surface area (Å²) in [6.07, 6.45) is 8.48. The largest absolute Gasteiger partial charge is 0.355 e. The first kappa shape index (κ1) is 19.0. The smallest absolute Gasteiger partial charge is 0.230 e. The van der Waals surface area contributed by atoms with Gasteiger partial charge in [-0.2, -0.15) is 0 Å². The van der Waals surface area contributed by atoms with Crippen LogP contribution in [0.2, 0.25) is 0 Å². The van der Waals surface area contributed by atoms with Crippen LogP contribution in [0.3, 0.4) is 0 Å². The van der Waals surface area contributed by atoms with E-state index in [0.717, 1.165) is 24.6 Å². The van der Waals surface area contributed by atoms with Crippen molar-refractivity contribution in [3.05, 3.63) is 41.2 Å². The van der Waals surface area contributed by atoms with Gasteiger partial charge in [0.05, 0.1) is 5.75 Å². The van der Waals surface area contributed by atoms with Crippen molar-refractivity contribution in [3.8, 4) is 0 Å². The van der Waals surface area contributed by atoms with Crippen LogP contribution in [0, 0.1) is 12.8 Å². The minimum Gasteiger partial charge on any atom is -0.355 e. The quantitative estimate of drug-likeness (QED) is 0.659. The van der Waals surface area contributed by atoms with Gasteiger partial charge in [0.25, 0.3) is 0 Å². The second-order valence-electron chi connectivity index (χ2n) is 7.07. The molecular formula is C20H28N4OS. The summed E-state index contributed by atoms with van der Waals surface area (Å²) < 4.78 is 0. The zero-order valence-corrected chi connectivity index (χ0v) is 16.3. The van der Waals surface area contributed by atoms with Gasteiger partial charge in [-0.05, 0) is 36.8 Å². The molecule has 26 heavy (non-hydrogen) atoms. The molecule has 1 aliphatic rings. The monoisotopic (exact) mass is 372 g/mol. The van der Waals surface area contributed by atoms with Crippen LogP contribution in [0.15, 0.2) is 29.4 Å². The van der Waals surface area contributed by atoms with Gasteiger partial charge >= 0.3 is 0 Å². The zero-order valence-electron chi connectivity index (χ0n) is 15.5. The maximum Gasteiger partial charge on any atom is 0.230 e. The highest BCUT2D eigenvalue weighted by Crippen LogP contribution is 2.28. The first-order chi connectivity index (χ1) is 12.7. The number of H-pyrrole nitrogens is 1. The standard InChI is InChI=1S/C20H28N4OS/c1-15-6-2-5-9-17(15)12-13-21-19(25)14-26-20-22-18(23-24-20)11-10-16-7-3-4-8-16/h2,5-6,9,16H,3-4,7-8,10-14H2,1H3,(H,21,25)(H,22,23,24). The molecule has 1 amide bonds. The van der Waals surface area contributed by atoms with Crippen LogP contribution in [0.1, 0.15) is 49.1 Å². The fourth-order valence-corrected chi connectivity index (χ4v) is 4.15. The molecule has 2 aromatic rings. The summed E-state index contributed by atoms with van der Waals surface area (Å²) in [4.78, 5) is 16.5. The van der Waals surface area contributed by atoms with E-state index < -0.39 is 0 Å². The minimum absolute atomic E-state index is 0.0286. The number of amides is 1. The van der Waals surface area contributed by atoms with Crippen molar-refractivity contribution >= 4 is 17.7 Å². The molecule has 140 valence electrons. The summed E-state index contributed by atoms with van der Waals surface area (Å²) in [6.45, 7) is 2.76. The highest BCUT2D eigenvalue weighted by atomic mass is 32.2. The van der Waals surface area contributed by atoms with Gasteiger partial charge in [-0.25, -0.2) is 4.98 Å². The molecular weight excluding hydrogens is 344 g/mol. The van der Waals surface area contributed by atoms with E-state index in [1.807, 2.05) is 12.1 Å². The summed E-state index contributed by atoms with van der Waals surface area (Å²) in [5.41, 5.74) is 2.54. The van der Waals surface area contributed by atoms with Gasteiger partial charge in [0, 0.05) is 13.0 Å². The summed E-state index contributed by atoms with van der Waals surface area (Å²) in [7, 11) is 0. The van der Waals surface area contributed by atoms with Crippen LogP contribution in [0.25, 0.3) is 0 Å². The van der Waals surface area contributed by atoms with E-state index in [9.17, 15) is 4.79 Å². The molecule has 0 saturated heterocycles. The van der Waals surface area contributed by atoms with Crippen LogP contribution < -0.4 is 5.32 Å². The number of rotatable bonds is 9. The molecule has 6 heteroatoms. The van der Waals surface area contributed by atoms with E-state index in [0.29, 0.717) is 17.5 Å². The van der Waals surface area contributed by atoms with E-state index in [2.05, 4.69) is 39.6 Å². The molecule has 0 spiro atoms. The van der Waals surface area contributed by atoms with Crippen LogP contribution in [-0.2, 0) is 17.6 Å². The average molecular weight is 373 g/mol. The number of hydrogen-bond acceptors (Lipinski definition) is 4. The molecule has 1 aromatic carbocycles. The molecule has 0 aliphatic heterocycles. The number of aromatic nitrogens is 3. The Morgan fingerprint density at radius 1 is 1.27 bits per heavy atom. The molecule has 2 N–H and O–H groups in total. The summed E-state index contributed by atoms with van der Waals surface area (Å²) in [5.74, 6) is 2.18. The van der Waals surface area contributed by atoms with Gasteiger partial charge in [-0.15, -0.1) is 5.10 Å². The molecule has 1 aromatic heterocycles. The Morgan fingerprint density at radius 2 is 2.08 bits per heavy atom. The highest BCUT2D eigenvalue weighted by Gasteiger charge is 2.15. The Morgan fingerprint density at radius 3 is 2.88 bits per heavy atom. The van der Waals surface area contributed by atoms with Crippen LogP contribution in [-0.4, -0.2) is 33.4 Å². The summed E-state index contributed by atoms with van der Waals surface area (Å²) in [5, 5.41) is 10.9. The molecule has 5 nitrogen and oxygen atoms in total. The molecule has 0 bridgehead atoms. The number of aromatic amines is 1. The predicted octanol–water partition coefficient (Wildman–Crippen LogP) is 3.69. The third-order valence-electron chi connectivity index (χ3n) is 5.09. The lowest BCUT2D eigenvalue weighted by Crippen LogP contribution is -2.27. The second kappa shape index (κ2) is 9.76. The normalized spacial score (nSPS) is 14.7. The molecule has 0 atom stereocenters. The Kier molecular flexibility index (Phi) is 7.12. The van der Waals surface area contributed by atoms with Crippen molar-refractivity contribution in [1.82, 2.24) is 20.5 Å². The van der Waals surface area contributed by atoms with Crippen LogP contribution >= 0.6 is 11.8 Å². The van der Waals surface area contributed by atoms with Gasteiger partial charge in [0.2, 0.25) is 11.1 Å². The lowest BCUT2D eigenvalue weighted by Gasteiger charge is -2.07. The number of nitrogens with one attached hydrogen (secondary N) is 2. The van der Waals surface area contributed by atoms with E-state index in [1.165, 1.54) is 55.0 Å². The first-order valence-electron chi connectivity index (χ1n) is 9.56. The van der Waals surface area contributed by atoms with Crippen molar-refractivity contribution in [1.29, 1.82) is 0 Å². The predicted molar refractivity (Wildman–Crippen MR) is 105 cm³/mol. The Hall–Kier alpha value is -1.82. The molecule has 1 saturated carbocycles. The van der Waals surface area contributed by atoms with E-state index in [1.54, 1.807) is 0 Å². The van der Waals surface area contributed by atoms with Gasteiger partial charge in [-0.1, -0.05) is 61.7 Å². The molecule has 1 heterocycles. The molecule has 1 fully saturated rings. The Balaban J connectivity index is 1.33. The fourth-order valence-electron chi connectivity index (χ4n) is 3.50. The third kappa shape index (κ3) is 5.87. The number of carbonyl (C=O) groups excluding carboxylic acids is 1. The highest BCUT2D eigenvalue weighted by molar-refractivity contribution is 7.99. The number of carbonyl (C=O) groups is 1. The van der Waals surface area contributed by atoms with Crippen LogP contribution in [0.4, 0.5) is 0 Å². The van der Waals surface area contributed by atoms with Gasteiger partial charge in [0.1, 0.15) is 5.82 Å². The summed E-state index contributed by atoms with van der Waals surface area (Å²) >= 11 is 1.39. The van der Waals surface area contributed by atoms with Crippen molar-refractivity contribution in [3.63, 3.8) is 0 Å². The van der Waals surface area contributed by atoms with Crippen LogP contribution in [0.5, 0.6) is 0 Å². The van der Waals surface area contributed by atoms with Gasteiger partial charge in [-0.3, -0.25) is 9.89 Å². The maximum absolute atomic E-state index is 12.0. The van der Waals surface area contributed by atoms with Crippen molar-refractivity contribution in [2.75, 3.05) is 12.3 Å². The Bertz CT molecular complexity index is 709. The average Bonchev–Trinajstić information content (AvgIpc) is 3.31. The minimum atomic E-state index is 0.0286. The summed E-state index contributed by atoms with van der Waals surface area (Å²) in [6, 6.07) is 8.28. The lowest BCUT2D eigenvalue weighted by atomic mass is 10.0. The molecule has 3 rings (SSSR count). The number of nitrogens with zero attached hydrogens (tertiary/aromatic N) is 2. The number of thioether (sulfide) groups is 1. The number of hydrogen-bond donors (Lipinski definition) is 2. The van der Waals surface area contributed by atoms with Crippen molar-refractivity contribution < 1.29 is 4.79 Å². The number of benzene rings is 1. The first-order valence-corrected chi connectivity index (χ1v) is 10.5. The van der Waals surface area contributed by atoms with Crippen molar-refractivity contribution in [2.24, 2.45) is 5.92 Å². The third-order valence-corrected chi connectivity index (χ3v) is 5.93. The van der Waals surface area contributed by atoms with E-state index >= 15 is 0 Å². The van der Waals surface area contributed by atoms with E-state index in [-0.39, 0.29) is 5.91 Å². The Labute approximate surface area is 159 Å². The van der Waals surface area contributed by atoms with E-state index in [4.69, 9.17) is 0 Å². The van der Waals surface area contributed by atoms with Gasteiger partial charge < -0.3 is 5.32 Å². The molecule has 1 aliphatic carbocycles. The SMILES string of the molecule is Cc1ccccc1CCNC(=O)CSc1n[nH]c(CCC2CCCC2)n1. The second-order valence-corrected chi connectivity index (χ2v) is 8.01. The molecule has 0 unspecified atom stereocenters.